The van der Waals surface area contributed by atoms with Gasteiger partial charge in [-0.1, -0.05) is 37.3 Å². The van der Waals surface area contributed by atoms with Crippen LogP contribution in [0.25, 0.3) is 0 Å². The zero-order chi connectivity index (χ0) is 9.73. The molecule has 1 rings (SSSR count). The van der Waals surface area contributed by atoms with Crippen LogP contribution in [0.3, 0.4) is 0 Å². The van der Waals surface area contributed by atoms with E-state index in [2.05, 4.69) is 6.92 Å². The van der Waals surface area contributed by atoms with Gasteiger partial charge in [0.1, 0.15) is 18.0 Å². The summed E-state index contributed by atoms with van der Waals surface area (Å²) in [5.74, 6) is 0. The van der Waals surface area contributed by atoms with Crippen molar-refractivity contribution in [1.82, 2.24) is 0 Å². The largest absolute Gasteiger partial charge is 0.302 e. The van der Waals surface area contributed by atoms with Crippen LogP contribution in [0.5, 0.6) is 0 Å². The second-order valence-electron chi connectivity index (χ2n) is 2.89. The first kappa shape index (κ1) is 9.65. The van der Waals surface area contributed by atoms with Crippen molar-refractivity contribution >= 4 is 12.6 Å². The molecule has 0 aliphatic rings. The number of carbonyl (C=O) groups excluding carboxylic acids is 2. The van der Waals surface area contributed by atoms with Gasteiger partial charge >= 0.3 is 0 Å². The molecule has 0 heterocycles. The number of rotatable bonds is 4. The van der Waals surface area contributed by atoms with E-state index in [1.165, 1.54) is 0 Å². The summed E-state index contributed by atoms with van der Waals surface area (Å²) in [7, 11) is 0. The van der Waals surface area contributed by atoms with Crippen molar-refractivity contribution in [1.29, 1.82) is 0 Å². The van der Waals surface area contributed by atoms with Crippen LogP contribution < -0.4 is 0 Å². The summed E-state index contributed by atoms with van der Waals surface area (Å²) >= 11 is 0. The van der Waals surface area contributed by atoms with Crippen LogP contribution in [0.15, 0.2) is 30.3 Å². The van der Waals surface area contributed by atoms with Gasteiger partial charge in [-0.2, -0.15) is 0 Å². The van der Waals surface area contributed by atoms with Crippen molar-refractivity contribution < 1.29 is 9.59 Å². The minimum atomic E-state index is -1.05. The summed E-state index contributed by atoms with van der Waals surface area (Å²) in [5, 5.41) is 0. The lowest BCUT2D eigenvalue weighted by Crippen LogP contribution is -2.28. The maximum atomic E-state index is 10.8. The molecule has 2 heteroatoms. The molecular formula is C11H11O2. The molecule has 0 aliphatic carbocycles. The van der Waals surface area contributed by atoms with E-state index in [1.54, 1.807) is 24.3 Å². The van der Waals surface area contributed by atoms with Crippen molar-refractivity contribution in [2.24, 2.45) is 0 Å². The molecule has 1 aromatic carbocycles. The van der Waals surface area contributed by atoms with E-state index >= 15 is 0 Å². The highest BCUT2D eigenvalue weighted by Gasteiger charge is 2.28. The van der Waals surface area contributed by atoms with E-state index < -0.39 is 5.41 Å². The first-order valence-corrected chi connectivity index (χ1v) is 4.06. The summed E-state index contributed by atoms with van der Waals surface area (Å²) in [6.07, 6.45) is 1.56. The molecule has 1 aromatic rings. The van der Waals surface area contributed by atoms with Gasteiger partial charge in [-0.25, -0.2) is 0 Å². The lowest BCUT2D eigenvalue weighted by atomic mass is 9.81. The van der Waals surface area contributed by atoms with E-state index in [-0.39, 0.29) is 6.42 Å². The first-order chi connectivity index (χ1) is 6.29. The molecular weight excluding hydrogens is 164 g/mol. The van der Waals surface area contributed by atoms with Crippen LogP contribution in [-0.4, -0.2) is 12.6 Å². The molecule has 0 atom stereocenters. The Morgan fingerprint density at radius 1 is 1.15 bits per heavy atom. The number of aldehydes is 2. The summed E-state index contributed by atoms with van der Waals surface area (Å²) in [6, 6.07) is 8.95. The lowest BCUT2D eigenvalue weighted by molar-refractivity contribution is -0.121. The van der Waals surface area contributed by atoms with E-state index in [1.807, 2.05) is 6.07 Å². The van der Waals surface area contributed by atoms with Crippen molar-refractivity contribution in [3.05, 3.63) is 42.8 Å². The Balaban J connectivity index is 3.15. The molecule has 1 radical (unpaired) electrons. The molecule has 13 heavy (non-hydrogen) atoms. The fourth-order valence-corrected chi connectivity index (χ4v) is 1.17. The van der Waals surface area contributed by atoms with Crippen LogP contribution in [0, 0.1) is 6.92 Å². The fourth-order valence-electron chi connectivity index (χ4n) is 1.17. The molecule has 67 valence electrons. The van der Waals surface area contributed by atoms with Crippen molar-refractivity contribution in [3.63, 3.8) is 0 Å². The molecule has 0 amide bonds. The van der Waals surface area contributed by atoms with Crippen LogP contribution in [-0.2, 0) is 15.0 Å². The monoisotopic (exact) mass is 175 g/mol. The Bertz CT molecular complexity index is 282. The Hall–Kier alpha value is -1.44. The van der Waals surface area contributed by atoms with Gasteiger partial charge in [0, 0.05) is 0 Å². The fraction of sp³-hybridized carbons (Fsp3) is 0.182. The predicted octanol–water partition coefficient (Wildman–Crippen LogP) is 1.55. The van der Waals surface area contributed by atoms with Crippen LogP contribution in [0.4, 0.5) is 0 Å². The Morgan fingerprint density at radius 3 is 2.08 bits per heavy atom. The minimum Gasteiger partial charge on any atom is -0.302 e. The third-order valence-electron chi connectivity index (χ3n) is 2.15. The average Bonchev–Trinajstić information content (AvgIpc) is 2.23. The molecule has 0 saturated carbocycles. The number of hydrogen-bond acceptors (Lipinski definition) is 2. The van der Waals surface area contributed by atoms with E-state index in [0.717, 1.165) is 0 Å². The van der Waals surface area contributed by atoms with Crippen molar-refractivity contribution in [2.75, 3.05) is 0 Å². The third-order valence-corrected chi connectivity index (χ3v) is 2.15. The van der Waals surface area contributed by atoms with Crippen molar-refractivity contribution in [3.8, 4) is 0 Å². The standard InChI is InChI=1S/C11H11O2/c1-2-11(8-12,9-13)10-6-4-3-5-7-10/h3-9H,1-2H2. The Labute approximate surface area is 77.6 Å². The molecule has 0 fully saturated rings. The van der Waals surface area contributed by atoms with Crippen LogP contribution in [0.2, 0.25) is 0 Å². The second kappa shape index (κ2) is 3.99. The van der Waals surface area contributed by atoms with Crippen LogP contribution >= 0.6 is 0 Å². The van der Waals surface area contributed by atoms with E-state index in [4.69, 9.17) is 0 Å². The van der Waals surface area contributed by atoms with Gasteiger partial charge in [0.25, 0.3) is 0 Å². The highest BCUT2D eigenvalue weighted by atomic mass is 16.1. The number of carbonyl (C=O) groups is 2. The second-order valence-corrected chi connectivity index (χ2v) is 2.89. The van der Waals surface area contributed by atoms with Crippen molar-refractivity contribution in [2.45, 2.75) is 11.8 Å². The molecule has 0 aliphatic heterocycles. The highest BCUT2D eigenvalue weighted by molar-refractivity contribution is 5.91. The van der Waals surface area contributed by atoms with Gasteiger partial charge in [-0.3, -0.25) is 0 Å². The molecule has 0 spiro atoms. The van der Waals surface area contributed by atoms with Gasteiger partial charge in [0.05, 0.1) is 0 Å². The molecule has 0 saturated heterocycles. The van der Waals surface area contributed by atoms with Gasteiger partial charge in [-0.15, -0.1) is 0 Å². The van der Waals surface area contributed by atoms with Gasteiger partial charge in [0.2, 0.25) is 0 Å². The topological polar surface area (TPSA) is 34.1 Å². The zero-order valence-electron chi connectivity index (χ0n) is 7.27. The SMILES string of the molecule is [CH2]CC(C=O)(C=O)c1ccccc1. The normalized spacial score (nSPS) is 10.8. The molecule has 0 N–H and O–H groups in total. The summed E-state index contributed by atoms with van der Waals surface area (Å²) in [5.41, 5.74) is -0.351. The molecule has 2 nitrogen and oxygen atoms in total. The molecule has 0 bridgehead atoms. The maximum Gasteiger partial charge on any atom is 0.137 e. The van der Waals surface area contributed by atoms with E-state index in [9.17, 15) is 9.59 Å². The summed E-state index contributed by atoms with van der Waals surface area (Å²) < 4.78 is 0. The average molecular weight is 175 g/mol. The third kappa shape index (κ3) is 1.66. The number of benzene rings is 1. The smallest absolute Gasteiger partial charge is 0.137 e. The first-order valence-electron chi connectivity index (χ1n) is 4.06. The molecule has 0 unspecified atom stereocenters. The highest BCUT2D eigenvalue weighted by Crippen LogP contribution is 2.22. The Kier molecular flexibility index (Phi) is 2.96. The zero-order valence-corrected chi connectivity index (χ0v) is 7.27. The summed E-state index contributed by atoms with van der Waals surface area (Å²) in [6.45, 7) is 3.61. The summed E-state index contributed by atoms with van der Waals surface area (Å²) in [4.78, 5) is 21.6. The lowest BCUT2D eigenvalue weighted by Gasteiger charge is -2.19. The van der Waals surface area contributed by atoms with Gasteiger partial charge < -0.3 is 9.59 Å². The van der Waals surface area contributed by atoms with Crippen LogP contribution in [0.1, 0.15) is 12.0 Å². The molecule has 0 aromatic heterocycles. The quantitative estimate of drug-likeness (QED) is 0.514. The van der Waals surface area contributed by atoms with Gasteiger partial charge in [0.15, 0.2) is 0 Å². The van der Waals surface area contributed by atoms with E-state index in [0.29, 0.717) is 18.1 Å². The van der Waals surface area contributed by atoms with Gasteiger partial charge in [-0.05, 0) is 12.0 Å². The Morgan fingerprint density at radius 2 is 1.69 bits per heavy atom. The minimum absolute atomic E-state index is 0.254. The maximum absolute atomic E-state index is 10.8. The predicted molar refractivity (Wildman–Crippen MR) is 50.2 cm³/mol. The number of hydrogen-bond donors (Lipinski definition) is 0.